The fraction of sp³-hybridized carbons (Fsp3) is 0.533. The highest BCUT2D eigenvalue weighted by Gasteiger charge is 2.35. The first-order valence-corrected chi connectivity index (χ1v) is 6.93. The number of rotatable bonds is 5. The summed E-state index contributed by atoms with van der Waals surface area (Å²) in [7, 11) is 0. The average Bonchev–Trinajstić information content (AvgIpc) is 2.33. The van der Waals surface area contributed by atoms with Gasteiger partial charge in [0.1, 0.15) is 6.10 Å². The van der Waals surface area contributed by atoms with Crippen LogP contribution in [0, 0.1) is 11.7 Å². The second-order valence-electron chi connectivity index (χ2n) is 5.65. The first-order chi connectivity index (χ1) is 9.47. The van der Waals surface area contributed by atoms with Crippen LogP contribution in [0.4, 0.5) is 4.39 Å². The van der Waals surface area contributed by atoms with Gasteiger partial charge in [0.25, 0.3) is 0 Å². The number of halogens is 1. The maximum absolute atomic E-state index is 13.4. The molecule has 20 heavy (non-hydrogen) atoms. The van der Waals surface area contributed by atoms with Gasteiger partial charge in [0, 0.05) is 0 Å². The molecular weight excluding hydrogens is 259 g/mol. The Morgan fingerprint density at radius 1 is 1.45 bits per heavy atom. The fourth-order valence-electron chi connectivity index (χ4n) is 2.26. The van der Waals surface area contributed by atoms with E-state index in [1.807, 2.05) is 13.8 Å². The first kappa shape index (κ1) is 14.8. The predicted octanol–water partition coefficient (Wildman–Crippen LogP) is 1.79. The van der Waals surface area contributed by atoms with Gasteiger partial charge >= 0.3 is 0 Å². The maximum Gasteiger partial charge on any atom is 0.239 e. The molecule has 1 atom stereocenters. The summed E-state index contributed by atoms with van der Waals surface area (Å²) >= 11 is 0. The van der Waals surface area contributed by atoms with E-state index in [2.05, 4.69) is 0 Å². The van der Waals surface area contributed by atoms with E-state index < -0.39 is 6.04 Å². The van der Waals surface area contributed by atoms with Gasteiger partial charge in [-0.1, -0.05) is 26.0 Å². The van der Waals surface area contributed by atoms with Crippen molar-refractivity contribution in [3.63, 3.8) is 0 Å². The second-order valence-corrected chi connectivity index (χ2v) is 5.65. The van der Waals surface area contributed by atoms with Crippen LogP contribution >= 0.6 is 0 Å². The van der Waals surface area contributed by atoms with E-state index in [-0.39, 0.29) is 23.6 Å². The van der Waals surface area contributed by atoms with Gasteiger partial charge in [-0.25, -0.2) is 4.39 Å². The summed E-state index contributed by atoms with van der Waals surface area (Å²) in [5.41, 5.74) is 5.86. The van der Waals surface area contributed by atoms with Gasteiger partial charge in [-0.2, -0.15) is 0 Å². The summed E-state index contributed by atoms with van der Waals surface area (Å²) in [5, 5.41) is 0. The summed E-state index contributed by atoms with van der Waals surface area (Å²) in [6.45, 7) is 5.01. The number of para-hydroxylation sites is 1. The van der Waals surface area contributed by atoms with Crippen molar-refractivity contribution in [3.05, 3.63) is 30.1 Å². The molecule has 5 heteroatoms. The van der Waals surface area contributed by atoms with Gasteiger partial charge in [0.15, 0.2) is 11.6 Å². The molecular formula is C15H21FN2O2. The van der Waals surface area contributed by atoms with E-state index >= 15 is 0 Å². The average molecular weight is 280 g/mol. The minimum Gasteiger partial charge on any atom is -0.484 e. The van der Waals surface area contributed by atoms with Crippen molar-refractivity contribution in [2.24, 2.45) is 11.7 Å². The van der Waals surface area contributed by atoms with Gasteiger partial charge in [0.2, 0.25) is 5.91 Å². The number of likely N-dealkylation sites (tertiary alicyclic amines) is 1. The molecule has 0 saturated carbocycles. The van der Waals surface area contributed by atoms with Gasteiger partial charge < -0.3 is 15.4 Å². The fourth-order valence-corrected chi connectivity index (χ4v) is 2.26. The normalized spacial score (nSPS) is 16.9. The third-order valence-electron chi connectivity index (χ3n) is 3.33. The van der Waals surface area contributed by atoms with Crippen LogP contribution in [-0.4, -0.2) is 36.0 Å². The van der Waals surface area contributed by atoms with Crippen LogP contribution in [0.25, 0.3) is 0 Å². The lowest BCUT2D eigenvalue weighted by Crippen LogP contribution is -2.60. The number of carbonyl (C=O) groups excluding carboxylic acids is 1. The number of hydrogen-bond donors (Lipinski definition) is 1. The van der Waals surface area contributed by atoms with E-state index in [9.17, 15) is 9.18 Å². The topological polar surface area (TPSA) is 55.6 Å². The van der Waals surface area contributed by atoms with Crippen LogP contribution < -0.4 is 10.5 Å². The van der Waals surface area contributed by atoms with Gasteiger partial charge in [-0.3, -0.25) is 4.79 Å². The van der Waals surface area contributed by atoms with Crippen molar-refractivity contribution in [3.8, 4) is 5.75 Å². The molecule has 0 spiro atoms. The number of ether oxygens (including phenoxy) is 1. The summed E-state index contributed by atoms with van der Waals surface area (Å²) in [5.74, 6) is 0.192. The van der Waals surface area contributed by atoms with Crippen molar-refractivity contribution in [2.75, 3.05) is 13.1 Å². The Bertz CT molecular complexity index is 473. The molecule has 1 aliphatic heterocycles. The van der Waals surface area contributed by atoms with Crippen molar-refractivity contribution in [2.45, 2.75) is 32.4 Å². The quantitative estimate of drug-likeness (QED) is 0.894. The smallest absolute Gasteiger partial charge is 0.239 e. The Labute approximate surface area is 118 Å². The lowest BCUT2D eigenvalue weighted by molar-refractivity contribution is -0.141. The largest absolute Gasteiger partial charge is 0.484 e. The number of carbonyl (C=O) groups is 1. The second kappa shape index (κ2) is 6.22. The maximum atomic E-state index is 13.4. The van der Waals surface area contributed by atoms with Gasteiger partial charge in [-0.15, -0.1) is 0 Å². The molecule has 0 bridgehead atoms. The zero-order chi connectivity index (χ0) is 14.7. The Kier molecular flexibility index (Phi) is 4.60. The highest BCUT2D eigenvalue weighted by Crippen LogP contribution is 2.21. The first-order valence-electron chi connectivity index (χ1n) is 6.93. The number of hydrogen-bond acceptors (Lipinski definition) is 3. The third kappa shape index (κ3) is 3.48. The molecule has 0 unspecified atom stereocenters. The standard InChI is InChI=1S/C15H21FN2O2/c1-10(2)7-13(17)15(19)18-8-11(9-18)20-14-6-4-3-5-12(14)16/h3-6,10-11,13H,7-9,17H2,1-2H3/t13-/m1/s1. The van der Waals surface area contributed by atoms with Crippen molar-refractivity contribution in [1.29, 1.82) is 0 Å². The van der Waals surface area contributed by atoms with E-state index in [0.29, 0.717) is 25.4 Å². The number of amides is 1. The van der Waals surface area contributed by atoms with E-state index in [0.717, 1.165) is 0 Å². The summed E-state index contributed by atoms with van der Waals surface area (Å²) < 4.78 is 18.9. The molecule has 1 saturated heterocycles. The van der Waals surface area contributed by atoms with Crippen LogP contribution in [0.1, 0.15) is 20.3 Å². The number of nitrogens with zero attached hydrogens (tertiary/aromatic N) is 1. The Hall–Kier alpha value is -1.62. The highest BCUT2D eigenvalue weighted by atomic mass is 19.1. The molecule has 1 amide bonds. The predicted molar refractivity (Wildman–Crippen MR) is 74.8 cm³/mol. The monoisotopic (exact) mass is 280 g/mol. The molecule has 110 valence electrons. The molecule has 1 aromatic rings. The lowest BCUT2D eigenvalue weighted by atomic mass is 10.0. The molecule has 4 nitrogen and oxygen atoms in total. The van der Waals surface area contributed by atoms with Gasteiger partial charge in [0.05, 0.1) is 19.1 Å². The SMILES string of the molecule is CC(C)C[C@@H](N)C(=O)N1CC(Oc2ccccc2F)C1. The van der Waals surface area contributed by atoms with Crippen molar-refractivity contribution < 1.29 is 13.9 Å². The summed E-state index contributed by atoms with van der Waals surface area (Å²) in [4.78, 5) is 13.7. The Morgan fingerprint density at radius 2 is 2.10 bits per heavy atom. The number of benzene rings is 1. The Morgan fingerprint density at radius 3 is 2.70 bits per heavy atom. The summed E-state index contributed by atoms with van der Waals surface area (Å²) in [6, 6.07) is 5.83. The van der Waals surface area contributed by atoms with Gasteiger partial charge in [-0.05, 0) is 24.5 Å². The molecule has 1 heterocycles. The molecule has 0 aliphatic carbocycles. The summed E-state index contributed by atoms with van der Waals surface area (Å²) in [6.07, 6.45) is 0.524. The zero-order valence-corrected chi connectivity index (χ0v) is 11.9. The third-order valence-corrected chi connectivity index (χ3v) is 3.33. The van der Waals surface area contributed by atoms with E-state index in [1.165, 1.54) is 6.07 Å². The molecule has 0 aromatic heterocycles. The van der Waals surface area contributed by atoms with Crippen LogP contribution in [0.3, 0.4) is 0 Å². The molecule has 0 radical (unpaired) electrons. The molecule has 1 fully saturated rings. The van der Waals surface area contributed by atoms with E-state index in [4.69, 9.17) is 10.5 Å². The van der Waals surface area contributed by atoms with E-state index in [1.54, 1.807) is 23.1 Å². The van der Waals surface area contributed by atoms with Crippen LogP contribution in [0.2, 0.25) is 0 Å². The molecule has 2 N–H and O–H groups in total. The minimum atomic E-state index is -0.454. The number of nitrogens with two attached hydrogens (primary N) is 1. The molecule has 1 aliphatic rings. The zero-order valence-electron chi connectivity index (χ0n) is 11.9. The van der Waals surface area contributed by atoms with Crippen LogP contribution in [0.15, 0.2) is 24.3 Å². The van der Waals surface area contributed by atoms with Crippen molar-refractivity contribution in [1.82, 2.24) is 4.90 Å². The lowest BCUT2D eigenvalue weighted by Gasteiger charge is -2.40. The molecule has 1 aromatic carbocycles. The van der Waals surface area contributed by atoms with Crippen LogP contribution in [0.5, 0.6) is 5.75 Å². The molecule has 2 rings (SSSR count). The Balaban J connectivity index is 1.80. The highest BCUT2D eigenvalue weighted by molar-refractivity contribution is 5.82. The van der Waals surface area contributed by atoms with Crippen molar-refractivity contribution >= 4 is 5.91 Å². The minimum absolute atomic E-state index is 0.0490. The van der Waals surface area contributed by atoms with Crippen LogP contribution in [-0.2, 0) is 4.79 Å².